The van der Waals surface area contributed by atoms with E-state index in [0.717, 1.165) is 43.0 Å². The van der Waals surface area contributed by atoms with Crippen molar-refractivity contribution >= 4 is 34.3 Å². The highest BCUT2D eigenvalue weighted by molar-refractivity contribution is 14.1. The van der Waals surface area contributed by atoms with Gasteiger partial charge in [0.25, 0.3) is 0 Å². The van der Waals surface area contributed by atoms with Crippen LogP contribution in [0.25, 0.3) is 0 Å². The molecule has 1 aromatic heterocycles. The lowest BCUT2D eigenvalue weighted by Crippen LogP contribution is -2.78. The zero-order chi connectivity index (χ0) is 25.9. The molecule has 4 aliphatic carbocycles. The Morgan fingerprint density at radius 2 is 1.95 bits per heavy atom. The summed E-state index contributed by atoms with van der Waals surface area (Å²) in [5.41, 5.74) is 2.54. The number of ether oxygens (including phenoxy) is 3. The summed E-state index contributed by atoms with van der Waals surface area (Å²) in [5.74, 6) is 2.12. The predicted octanol–water partition coefficient (Wildman–Crippen LogP) is 4.81. The third-order valence-electron chi connectivity index (χ3n) is 10.1. The SMILES string of the molecule is COc1ccc2c3c1O[C@H]1[C@@]4(OC)C=C[C@@]5(C[C@@H]4c4nnc(Nc6ccc(I)cc6)o4)[C@@H](C2)N(C)CC[C@]315. The maximum atomic E-state index is 7.00. The quantitative estimate of drug-likeness (QED) is 0.320. The van der Waals surface area contributed by atoms with Gasteiger partial charge >= 0.3 is 6.01 Å². The van der Waals surface area contributed by atoms with Crippen molar-refractivity contribution in [1.29, 1.82) is 0 Å². The van der Waals surface area contributed by atoms with Gasteiger partial charge in [0, 0.05) is 33.4 Å². The lowest BCUT2D eigenvalue weighted by molar-refractivity contribution is -0.200. The molecule has 3 aromatic rings. The molecule has 196 valence electrons. The van der Waals surface area contributed by atoms with Crippen LogP contribution in [-0.2, 0) is 16.6 Å². The van der Waals surface area contributed by atoms with Crippen LogP contribution in [0.5, 0.6) is 11.5 Å². The number of halogens is 1. The van der Waals surface area contributed by atoms with E-state index in [1.165, 1.54) is 14.7 Å². The first kappa shape index (κ1) is 23.3. The maximum absolute atomic E-state index is 7.00. The van der Waals surface area contributed by atoms with Gasteiger partial charge < -0.3 is 28.8 Å². The molecule has 6 aliphatic rings. The van der Waals surface area contributed by atoms with E-state index in [1.807, 2.05) is 24.3 Å². The molecule has 2 spiro atoms. The third-order valence-corrected chi connectivity index (χ3v) is 10.8. The second-order valence-corrected chi connectivity index (χ2v) is 12.6. The van der Waals surface area contributed by atoms with Gasteiger partial charge in [-0.2, -0.15) is 0 Å². The smallest absolute Gasteiger partial charge is 0.320 e. The van der Waals surface area contributed by atoms with Crippen LogP contribution in [0.4, 0.5) is 11.7 Å². The molecule has 2 aromatic carbocycles. The fraction of sp³-hybridized carbons (Fsp3) is 0.448. The summed E-state index contributed by atoms with van der Waals surface area (Å²) in [4.78, 5) is 2.54. The van der Waals surface area contributed by atoms with Gasteiger partial charge in [-0.05, 0) is 91.3 Å². The molecular formula is C29H29IN4O4. The van der Waals surface area contributed by atoms with E-state index in [9.17, 15) is 0 Å². The van der Waals surface area contributed by atoms with Crippen LogP contribution < -0.4 is 14.8 Å². The van der Waals surface area contributed by atoms with E-state index in [4.69, 9.17) is 18.6 Å². The van der Waals surface area contributed by atoms with Crippen molar-refractivity contribution in [3.8, 4) is 11.5 Å². The molecule has 9 rings (SSSR count). The van der Waals surface area contributed by atoms with Crippen molar-refractivity contribution < 1.29 is 18.6 Å². The number of aromatic nitrogens is 2. The maximum Gasteiger partial charge on any atom is 0.320 e. The van der Waals surface area contributed by atoms with E-state index >= 15 is 0 Å². The third kappa shape index (κ3) is 2.63. The highest BCUT2D eigenvalue weighted by atomic mass is 127. The molecule has 0 radical (unpaired) electrons. The molecule has 1 saturated carbocycles. The summed E-state index contributed by atoms with van der Waals surface area (Å²) in [5, 5.41) is 12.2. The number of fused-ring (bicyclic) bond motifs is 1. The Bertz CT molecular complexity index is 1490. The molecule has 1 saturated heterocycles. The predicted molar refractivity (Wildman–Crippen MR) is 149 cm³/mol. The molecule has 2 fully saturated rings. The molecule has 38 heavy (non-hydrogen) atoms. The Labute approximate surface area is 234 Å². The molecule has 0 unspecified atom stereocenters. The molecule has 0 amide bonds. The first-order valence-electron chi connectivity index (χ1n) is 13.1. The zero-order valence-corrected chi connectivity index (χ0v) is 23.7. The Morgan fingerprint density at radius 1 is 1.11 bits per heavy atom. The molecule has 9 heteroatoms. The first-order valence-corrected chi connectivity index (χ1v) is 14.2. The summed E-state index contributed by atoms with van der Waals surface area (Å²) in [6, 6.07) is 13.1. The van der Waals surface area contributed by atoms with Crippen molar-refractivity contribution in [1.82, 2.24) is 15.1 Å². The van der Waals surface area contributed by atoms with Gasteiger partial charge in [0.1, 0.15) is 11.7 Å². The van der Waals surface area contributed by atoms with Gasteiger partial charge in [-0.25, -0.2) is 0 Å². The van der Waals surface area contributed by atoms with Gasteiger partial charge in [-0.1, -0.05) is 23.3 Å². The summed E-state index contributed by atoms with van der Waals surface area (Å²) >= 11 is 2.29. The zero-order valence-electron chi connectivity index (χ0n) is 21.5. The molecule has 3 heterocycles. The Kier molecular flexibility index (Phi) is 4.73. The number of benzene rings is 2. The fourth-order valence-corrected chi connectivity index (χ4v) is 8.93. The number of nitrogens with zero attached hydrogens (tertiary/aromatic N) is 3. The lowest BCUT2D eigenvalue weighted by Gasteiger charge is -2.70. The van der Waals surface area contributed by atoms with Gasteiger partial charge in [-0.3, -0.25) is 0 Å². The largest absolute Gasteiger partial charge is 0.493 e. The lowest BCUT2D eigenvalue weighted by atomic mass is 9.37. The number of hydrogen-bond donors (Lipinski definition) is 1. The first-order chi connectivity index (χ1) is 18.5. The minimum atomic E-state index is -0.743. The summed E-state index contributed by atoms with van der Waals surface area (Å²) in [7, 11) is 5.77. The van der Waals surface area contributed by atoms with Crippen LogP contribution in [0, 0.1) is 8.99 Å². The minimum Gasteiger partial charge on any atom is -0.493 e. The second-order valence-electron chi connectivity index (χ2n) is 11.3. The Hall–Kier alpha value is -2.63. The number of anilines is 2. The topological polar surface area (TPSA) is 81.9 Å². The monoisotopic (exact) mass is 624 g/mol. The molecule has 8 nitrogen and oxygen atoms in total. The Morgan fingerprint density at radius 3 is 2.74 bits per heavy atom. The Balaban J connectivity index is 1.27. The number of hydrogen-bond acceptors (Lipinski definition) is 8. The van der Waals surface area contributed by atoms with Crippen LogP contribution in [0.15, 0.2) is 53.0 Å². The summed E-state index contributed by atoms with van der Waals surface area (Å²) < 4.78 is 26.8. The average Bonchev–Trinajstić information content (AvgIpc) is 3.55. The van der Waals surface area contributed by atoms with Crippen LogP contribution >= 0.6 is 22.6 Å². The van der Waals surface area contributed by atoms with E-state index in [2.05, 4.69) is 74.3 Å². The second kappa shape index (κ2) is 7.73. The summed E-state index contributed by atoms with van der Waals surface area (Å²) in [6.07, 6.45) is 7.31. The van der Waals surface area contributed by atoms with Gasteiger partial charge in [-0.15, -0.1) is 5.10 Å². The molecule has 2 aliphatic heterocycles. The van der Waals surface area contributed by atoms with Crippen molar-refractivity contribution in [2.45, 2.75) is 48.3 Å². The van der Waals surface area contributed by atoms with E-state index in [0.29, 0.717) is 17.9 Å². The van der Waals surface area contributed by atoms with E-state index < -0.39 is 5.60 Å². The molecule has 6 atom stereocenters. The molecule has 1 N–H and O–H groups in total. The van der Waals surface area contributed by atoms with Gasteiger partial charge in [0.05, 0.1) is 18.4 Å². The number of likely N-dealkylation sites (N-methyl/N-ethyl adjacent to an activating group) is 1. The minimum absolute atomic E-state index is 0.140. The molecular weight excluding hydrogens is 595 g/mol. The van der Waals surface area contributed by atoms with Crippen molar-refractivity contribution in [2.75, 3.05) is 33.1 Å². The molecule has 4 bridgehead atoms. The number of rotatable bonds is 5. The normalized spacial score (nSPS) is 35.6. The number of nitrogens with one attached hydrogen (secondary N) is 1. The highest BCUT2D eigenvalue weighted by Crippen LogP contribution is 2.75. The van der Waals surface area contributed by atoms with Gasteiger partial charge in [0.15, 0.2) is 11.5 Å². The van der Waals surface area contributed by atoms with E-state index in [1.54, 1.807) is 14.2 Å². The van der Waals surface area contributed by atoms with E-state index in [-0.39, 0.29) is 22.9 Å². The van der Waals surface area contributed by atoms with Crippen LogP contribution in [0.2, 0.25) is 0 Å². The fourth-order valence-electron chi connectivity index (χ4n) is 8.57. The van der Waals surface area contributed by atoms with Crippen LogP contribution in [0.3, 0.4) is 0 Å². The number of piperidine rings is 1. The average molecular weight is 624 g/mol. The number of methoxy groups -OCH3 is 2. The standard InChI is InChI=1S/C29H29IN4O4/c1-34-13-12-28-22-16-4-9-20(35-2)23(22)37-25(28)29(36-3)11-10-27(28,21(34)14-16)15-19(29)24-32-33-26(38-24)31-18-7-5-17(30)6-8-18/h4-11,19,21,25H,12-15H2,1-3H3,(H,31,33)/t19-,21-,25-,27-,28+,29-/m1/s1. The van der Waals surface area contributed by atoms with Gasteiger partial charge in [0.2, 0.25) is 5.89 Å². The number of likely N-dealkylation sites (tertiary alicyclic amines) is 1. The van der Waals surface area contributed by atoms with Crippen LogP contribution in [-0.4, -0.2) is 60.7 Å². The highest BCUT2D eigenvalue weighted by Gasteiger charge is 2.79. The van der Waals surface area contributed by atoms with Crippen molar-refractivity contribution in [3.05, 3.63) is 69.1 Å². The van der Waals surface area contributed by atoms with Crippen molar-refractivity contribution in [2.24, 2.45) is 5.41 Å². The van der Waals surface area contributed by atoms with Crippen molar-refractivity contribution in [3.63, 3.8) is 0 Å². The summed E-state index contributed by atoms with van der Waals surface area (Å²) in [6.45, 7) is 1.02. The van der Waals surface area contributed by atoms with Crippen LogP contribution in [0.1, 0.15) is 35.8 Å².